The molecule has 0 N–H and O–H groups in total. The molecule has 0 heterocycles. The molecule has 0 saturated heterocycles. The summed E-state index contributed by atoms with van der Waals surface area (Å²) in [4.78, 5) is 0. The summed E-state index contributed by atoms with van der Waals surface area (Å²) in [7, 11) is 9.89. The molecule has 0 amide bonds. The Balaban J connectivity index is 0.000000555. The van der Waals surface area contributed by atoms with Crippen molar-refractivity contribution in [3.8, 4) is 0 Å². The molecular weight excluding hydrogens is 576 g/mol. The summed E-state index contributed by atoms with van der Waals surface area (Å²) >= 11 is -0.106. The fraction of sp³-hybridized carbons (Fsp3) is 0.571. The third-order valence-electron chi connectivity index (χ3n) is 5.37. The van der Waals surface area contributed by atoms with Crippen molar-refractivity contribution in [1.29, 1.82) is 0 Å². The van der Waals surface area contributed by atoms with E-state index in [0.29, 0.717) is 0 Å². The van der Waals surface area contributed by atoms with E-state index in [1.807, 2.05) is 0 Å². The second-order valence-corrected chi connectivity index (χ2v) is 15.4. The fourth-order valence-corrected chi connectivity index (χ4v) is 8.87. The van der Waals surface area contributed by atoms with Crippen molar-refractivity contribution in [1.82, 2.24) is 0 Å². The first-order chi connectivity index (χ1) is 16.2. The predicted molar refractivity (Wildman–Crippen MR) is 157 cm³/mol. The average Bonchev–Trinajstić information content (AvgIpc) is 2.86. The van der Waals surface area contributed by atoms with Gasteiger partial charge in [0.25, 0.3) is 0 Å². The van der Waals surface area contributed by atoms with Crippen LogP contribution in [0, 0.1) is 0 Å². The summed E-state index contributed by atoms with van der Waals surface area (Å²) in [5, 5.41) is 3.21. The zero-order chi connectivity index (χ0) is 24.6. The first kappa shape index (κ1) is 33.5. The van der Waals surface area contributed by atoms with Crippen molar-refractivity contribution < 1.29 is 15.9 Å². The normalized spacial score (nSPS) is 10.5. The summed E-state index contributed by atoms with van der Waals surface area (Å²) in [6, 6.07) is 22.2. The Hall–Kier alpha value is 0.542. The summed E-state index contributed by atoms with van der Waals surface area (Å²) in [5.41, 5.74) is 0. The van der Waals surface area contributed by atoms with E-state index in [1.54, 1.807) is 10.6 Å². The Bertz CT molecular complexity index is 557. The van der Waals surface area contributed by atoms with Crippen molar-refractivity contribution in [3.05, 3.63) is 60.7 Å². The Morgan fingerprint density at radius 1 is 0.515 bits per heavy atom. The van der Waals surface area contributed by atoms with E-state index in [4.69, 9.17) is 19.1 Å². The van der Waals surface area contributed by atoms with Crippen LogP contribution in [-0.2, 0) is 15.9 Å². The second kappa shape index (κ2) is 25.6. The molecule has 33 heavy (non-hydrogen) atoms. The number of rotatable bonds is 14. The van der Waals surface area contributed by atoms with Crippen molar-refractivity contribution in [3.63, 3.8) is 0 Å². The molecule has 0 unspecified atom stereocenters. The molecule has 0 atom stereocenters. The van der Waals surface area contributed by atoms with Gasteiger partial charge in [-0.1, -0.05) is 130 Å². The Labute approximate surface area is 224 Å². The molecule has 0 aromatic heterocycles. The van der Waals surface area contributed by atoms with E-state index < -0.39 is 0 Å². The van der Waals surface area contributed by atoms with Crippen LogP contribution in [0.25, 0.3) is 0 Å². The summed E-state index contributed by atoms with van der Waals surface area (Å²) < 4.78 is 0. The molecule has 0 aliphatic rings. The Morgan fingerprint density at radius 2 is 0.758 bits per heavy atom. The van der Waals surface area contributed by atoms with Crippen LogP contribution in [0.4, 0.5) is 0 Å². The molecule has 0 radical (unpaired) electrons. The zero-order valence-electron chi connectivity index (χ0n) is 21.2. The third kappa shape index (κ3) is 18.5. The molecule has 5 heteroatoms. The van der Waals surface area contributed by atoms with E-state index in [-0.39, 0.29) is 31.8 Å². The first-order valence-corrected chi connectivity index (χ1v) is 20.0. The monoisotopic (exact) mass is 620 g/mol. The minimum absolute atomic E-state index is 0.106. The molecule has 0 nitrogen and oxygen atoms in total. The number of hydrogen-bond acceptors (Lipinski definition) is 0. The molecule has 2 aromatic rings. The quantitative estimate of drug-likeness (QED) is 0.145. The van der Waals surface area contributed by atoms with Crippen molar-refractivity contribution in [2.75, 3.05) is 24.6 Å². The first-order valence-electron chi connectivity index (χ1n) is 12.6. The summed E-state index contributed by atoms with van der Waals surface area (Å²) in [6.45, 7) is 9.16. The predicted octanol–water partition coefficient (Wildman–Crippen LogP) is 10.2. The van der Waals surface area contributed by atoms with Crippen LogP contribution in [-0.4, -0.2) is 24.6 Å². The maximum atomic E-state index is 4.81. The van der Waals surface area contributed by atoms with Gasteiger partial charge in [0, 0.05) is 0 Å². The van der Waals surface area contributed by atoms with Crippen LogP contribution in [0.5, 0.6) is 0 Å². The summed E-state index contributed by atoms with van der Waals surface area (Å²) in [6.07, 6.45) is 16.6. The van der Waals surface area contributed by atoms with Gasteiger partial charge in [0.2, 0.25) is 0 Å². The van der Waals surface area contributed by atoms with E-state index in [2.05, 4.69) is 88.4 Å². The van der Waals surface area contributed by atoms with Crippen LogP contribution in [0.3, 0.4) is 0 Å². The molecule has 0 spiro atoms. The van der Waals surface area contributed by atoms with Crippen LogP contribution in [0.1, 0.15) is 79.1 Å². The molecule has 0 bridgehead atoms. The van der Waals surface area contributed by atoms with Gasteiger partial charge >= 0.3 is 35.0 Å². The van der Waals surface area contributed by atoms with Gasteiger partial charge in [0.1, 0.15) is 0 Å². The molecule has 0 aliphatic heterocycles. The fourth-order valence-electron chi connectivity index (χ4n) is 3.41. The van der Waals surface area contributed by atoms with Crippen molar-refractivity contribution in [2.24, 2.45) is 0 Å². The van der Waals surface area contributed by atoms with Crippen molar-refractivity contribution >= 4 is 45.5 Å². The summed E-state index contributed by atoms with van der Waals surface area (Å²) in [5.74, 6) is 0. The third-order valence-corrected chi connectivity index (χ3v) is 10.9. The number of hydrogen-bond donors (Lipinski definition) is 0. The van der Waals surface area contributed by atoms with Gasteiger partial charge < -0.3 is 0 Å². The van der Waals surface area contributed by atoms with E-state index in [9.17, 15) is 0 Å². The number of halogens is 2. The van der Waals surface area contributed by atoms with Crippen LogP contribution >= 0.6 is 34.9 Å². The van der Waals surface area contributed by atoms with Crippen LogP contribution in [0.15, 0.2) is 60.7 Å². The van der Waals surface area contributed by atoms with Gasteiger partial charge in [-0.25, -0.2) is 0 Å². The minimum atomic E-state index is -0.106. The average molecular weight is 622 g/mol. The Morgan fingerprint density at radius 3 is 0.970 bits per heavy atom. The van der Waals surface area contributed by atoms with E-state index in [1.165, 1.54) is 76.0 Å². The molecular formula is C28H46Cl2P2Pd. The topological polar surface area (TPSA) is 0 Å². The molecule has 0 fully saturated rings. The Kier molecular flexibility index (Phi) is 26.1. The van der Waals surface area contributed by atoms with Gasteiger partial charge in [-0.3, -0.25) is 0 Å². The molecule has 2 rings (SSSR count). The number of benzene rings is 2. The zero-order valence-corrected chi connectivity index (χ0v) is 26.1. The molecule has 0 aliphatic carbocycles. The van der Waals surface area contributed by atoms with E-state index >= 15 is 0 Å². The maximum absolute atomic E-state index is 4.81. The number of unbranched alkanes of at least 4 members (excludes halogenated alkanes) is 4. The SMILES string of the molecule is CCCCP(CCCC)c1ccccc1.CCCCP(CCCC)c1ccccc1.[Cl][Pd][Cl]. The standard InChI is InChI=1S/2C14H23P.2ClH.Pd/c2*1-3-5-12-15(13-6-4-2)14-10-8-7-9-11-14;;;/h2*7-11H,3-6,12-13H2,1-2H3;2*1H;/q;;;;+2/p-2. The molecule has 192 valence electrons. The van der Waals surface area contributed by atoms with Crippen LogP contribution in [0.2, 0.25) is 0 Å². The van der Waals surface area contributed by atoms with Crippen LogP contribution < -0.4 is 10.6 Å². The van der Waals surface area contributed by atoms with Gasteiger partial charge in [0.15, 0.2) is 0 Å². The second-order valence-electron chi connectivity index (χ2n) is 8.10. The van der Waals surface area contributed by atoms with Gasteiger partial charge in [-0.05, 0) is 60.9 Å². The molecule has 2 aromatic carbocycles. The van der Waals surface area contributed by atoms with E-state index in [0.717, 1.165) is 0 Å². The van der Waals surface area contributed by atoms with Gasteiger partial charge in [0.05, 0.1) is 0 Å². The van der Waals surface area contributed by atoms with Crippen molar-refractivity contribution in [2.45, 2.75) is 79.1 Å². The molecule has 0 saturated carbocycles. The van der Waals surface area contributed by atoms with Gasteiger partial charge in [-0.2, -0.15) is 0 Å². The van der Waals surface area contributed by atoms with Gasteiger partial charge in [-0.15, -0.1) is 0 Å².